The number of nitrogens with two attached hydrogens (primary N) is 1. The molecule has 3 N–H and O–H groups in total. The highest BCUT2D eigenvalue weighted by molar-refractivity contribution is 5.32. The van der Waals surface area contributed by atoms with Crippen molar-refractivity contribution in [1.29, 1.82) is 0 Å². The predicted molar refractivity (Wildman–Crippen MR) is 81.2 cm³/mol. The monoisotopic (exact) mass is 290 g/mol. The fourth-order valence-corrected chi connectivity index (χ4v) is 2.37. The van der Waals surface area contributed by atoms with Crippen molar-refractivity contribution in [1.82, 2.24) is 15.2 Å². The Bertz CT molecular complexity index is 544. The average Bonchev–Trinajstić information content (AvgIpc) is 2.96. The molecule has 2 aromatic rings. The number of hydrogen-bond acceptors (Lipinski definition) is 5. The molecule has 1 unspecified atom stereocenters. The van der Waals surface area contributed by atoms with Gasteiger partial charge in [0.2, 0.25) is 0 Å². The molecule has 1 heterocycles. The average molecular weight is 290 g/mol. The van der Waals surface area contributed by atoms with E-state index in [1.165, 1.54) is 0 Å². The first-order valence-corrected chi connectivity index (χ1v) is 6.92. The van der Waals surface area contributed by atoms with E-state index >= 15 is 0 Å². The second-order valence-corrected chi connectivity index (χ2v) is 4.69. The SMILES string of the molecule is CCn1ncc(OC)c1C(Cc1ccc(OC)cc1)NN. The second-order valence-electron chi connectivity index (χ2n) is 4.69. The van der Waals surface area contributed by atoms with Crippen molar-refractivity contribution < 1.29 is 9.47 Å². The maximum absolute atomic E-state index is 5.74. The van der Waals surface area contributed by atoms with Crippen LogP contribution in [0.4, 0.5) is 0 Å². The largest absolute Gasteiger partial charge is 0.497 e. The van der Waals surface area contributed by atoms with Crippen molar-refractivity contribution in [2.24, 2.45) is 5.84 Å². The highest BCUT2D eigenvalue weighted by atomic mass is 16.5. The molecular weight excluding hydrogens is 268 g/mol. The van der Waals surface area contributed by atoms with Crippen molar-refractivity contribution in [3.8, 4) is 11.5 Å². The molecule has 1 atom stereocenters. The summed E-state index contributed by atoms with van der Waals surface area (Å²) < 4.78 is 12.5. The van der Waals surface area contributed by atoms with Gasteiger partial charge in [-0.3, -0.25) is 16.0 Å². The van der Waals surface area contributed by atoms with Gasteiger partial charge < -0.3 is 9.47 Å². The Morgan fingerprint density at radius 3 is 2.48 bits per heavy atom. The van der Waals surface area contributed by atoms with Gasteiger partial charge in [0.1, 0.15) is 5.75 Å². The van der Waals surface area contributed by atoms with Gasteiger partial charge in [-0.05, 0) is 31.0 Å². The third-order valence-corrected chi connectivity index (χ3v) is 3.49. The summed E-state index contributed by atoms with van der Waals surface area (Å²) >= 11 is 0. The van der Waals surface area contributed by atoms with Crippen LogP contribution < -0.4 is 20.7 Å². The van der Waals surface area contributed by atoms with Crippen LogP contribution in [-0.2, 0) is 13.0 Å². The minimum atomic E-state index is -0.0733. The molecule has 0 radical (unpaired) electrons. The van der Waals surface area contributed by atoms with Crippen molar-refractivity contribution >= 4 is 0 Å². The van der Waals surface area contributed by atoms with Crippen molar-refractivity contribution in [3.05, 3.63) is 41.7 Å². The van der Waals surface area contributed by atoms with Crippen LogP contribution in [0.15, 0.2) is 30.5 Å². The second kappa shape index (κ2) is 7.10. The van der Waals surface area contributed by atoms with Gasteiger partial charge in [0.05, 0.1) is 32.2 Å². The fourth-order valence-electron chi connectivity index (χ4n) is 2.37. The van der Waals surface area contributed by atoms with Crippen LogP contribution in [0.1, 0.15) is 24.2 Å². The number of ether oxygens (including phenoxy) is 2. The number of methoxy groups -OCH3 is 2. The minimum Gasteiger partial charge on any atom is -0.497 e. The van der Waals surface area contributed by atoms with Crippen LogP contribution in [0, 0.1) is 0 Å². The third kappa shape index (κ3) is 3.34. The predicted octanol–water partition coefficient (Wildman–Crippen LogP) is 1.67. The molecule has 0 fully saturated rings. The van der Waals surface area contributed by atoms with Crippen LogP contribution in [0.25, 0.3) is 0 Å². The van der Waals surface area contributed by atoms with Crippen molar-refractivity contribution in [3.63, 3.8) is 0 Å². The summed E-state index contributed by atoms with van der Waals surface area (Å²) in [6.45, 7) is 2.80. The topological polar surface area (TPSA) is 74.3 Å². The molecule has 1 aromatic heterocycles. The van der Waals surface area contributed by atoms with E-state index in [-0.39, 0.29) is 6.04 Å². The molecular formula is C15H22N4O2. The highest BCUT2D eigenvalue weighted by Gasteiger charge is 2.21. The number of aryl methyl sites for hydroxylation is 1. The zero-order valence-corrected chi connectivity index (χ0v) is 12.7. The molecule has 114 valence electrons. The smallest absolute Gasteiger partial charge is 0.161 e. The summed E-state index contributed by atoms with van der Waals surface area (Å²) in [4.78, 5) is 0. The lowest BCUT2D eigenvalue weighted by molar-refractivity contribution is 0.391. The Balaban J connectivity index is 2.24. The molecule has 0 aliphatic heterocycles. The molecule has 6 heteroatoms. The van der Waals surface area contributed by atoms with Crippen LogP contribution in [0.2, 0.25) is 0 Å². The molecule has 0 spiro atoms. The first kappa shape index (κ1) is 15.3. The summed E-state index contributed by atoms with van der Waals surface area (Å²) in [5.74, 6) is 7.33. The summed E-state index contributed by atoms with van der Waals surface area (Å²) in [5, 5.41) is 4.32. The van der Waals surface area contributed by atoms with Gasteiger partial charge in [-0.25, -0.2) is 0 Å². The van der Waals surface area contributed by atoms with Gasteiger partial charge in [-0.1, -0.05) is 12.1 Å². The van der Waals surface area contributed by atoms with E-state index in [4.69, 9.17) is 15.3 Å². The quantitative estimate of drug-likeness (QED) is 0.599. The Kier molecular flexibility index (Phi) is 5.19. The van der Waals surface area contributed by atoms with Gasteiger partial charge in [0, 0.05) is 6.54 Å². The van der Waals surface area contributed by atoms with E-state index in [9.17, 15) is 0 Å². The lowest BCUT2D eigenvalue weighted by atomic mass is 10.0. The Labute approximate surface area is 124 Å². The maximum Gasteiger partial charge on any atom is 0.161 e. The van der Waals surface area contributed by atoms with E-state index in [1.54, 1.807) is 20.4 Å². The normalized spacial score (nSPS) is 12.2. The van der Waals surface area contributed by atoms with Gasteiger partial charge >= 0.3 is 0 Å². The molecule has 2 rings (SSSR count). The van der Waals surface area contributed by atoms with Gasteiger partial charge in [0.25, 0.3) is 0 Å². The van der Waals surface area contributed by atoms with Crippen molar-refractivity contribution in [2.45, 2.75) is 25.9 Å². The first-order valence-electron chi connectivity index (χ1n) is 6.92. The Hall–Kier alpha value is -2.05. The van der Waals surface area contributed by atoms with E-state index in [0.29, 0.717) is 0 Å². The van der Waals surface area contributed by atoms with Crippen LogP contribution in [-0.4, -0.2) is 24.0 Å². The van der Waals surface area contributed by atoms with Crippen molar-refractivity contribution in [2.75, 3.05) is 14.2 Å². The van der Waals surface area contributed by atoms with Gasteiger partial charge in [0.15, 0.2) is 5.75 Å². The van der Waals surface area contributed by atoms with E-state index < -0.39 is 0 Å². The molecule has 6 nitrogen and oxygen atoms in total. The zero-order chi connectivity index (χ0) is 15.2. The molecule has 21 heavy (non-hydrogen) atoms. The van der Waals surface area contributed by atoms with Crippen LogP contribution in [0.3, 0.4) is 0 Å². The zero-order valence-electron chi connectivity index (χ0n) is 12.7. The third-order valence-electron chi connectivity index (χ3n) is 3.49. The van der Waals surface area contributed by atoms with Gasteiger partial charge in [-0.2, -0.15) is 5.10 Å². The number of nitrogens with one attached hydrogen (secondary N) is 1. The van der Waals surface area contributed by atoms with E-state index in [0.717, 1.165) is 35.7 Å². The summed E-state index contributed by atoms with van der Waals surface area (Å²) in [6.07, 6.45) is 2.46. The number of rotatable bonds is 7. The minimum absolute atomic E-state index is 0.0733. The molecule has 0 aliphatic carbocycles. The molecule has 0 aliphatic rings. The lowest BCUT2D eigenvalue weighted by Gasteiger charge is -2.19. The Morgan fingerprint density at radius 1 is 1.24 bits per heavy atom. The lowest BCUT2D eigenvalue weighted by Crippen LogP contribution is -2.31. The maximum atomic E-state index is 5.74. The number of nitrogens with zero attached hydrogens (tertiary/aromatic N) is 2. The van der Waals surface area contributed by atoms with E-state index in [1.807, 2.05) is 35.9 Å². The fraction of sp³-hybridized carbons (Fsp3) is 0.400. The summed E-state index contributed by atoms with van der Waals surface area (Å²) in [7, 11) is 3.30. The Morgan fingerprint density at radius 2 is 1.95 bits per heavy atom. The van der Waals surface area contributed by atoms with Crippen LogP contribution in [0.5, 0.6) is 11.5 Å². The standard InChI is InChI=1S/C15H22N4O2/c1-4-19-15(14(21-3)10-17-19)13(18-16)9-11-5-7-12(20-2)8-6-11/h5-8,10,13,18H,4,9,16H2,1-3H3. The number of benzene rings is 1. The molecule has 0 amide bonds. The molecule has 0 saturated heterocycles. The van der Waals surface area contributed by atoms with Crippen LogP contribution >= 0.6 is 0 Å². The molecule has 0 saturated carbocycles. The molecule has 0 bridgehead atoms. The summed E-state index contributed by atoms with van der Waals surface area (Å²) in [6, 6.07) is 7.87. The van der Waals surface area contributed by atoms with Gasteiger partial charge in [-0.15, -0.1) is 0 Å². The first-order chi connectivity index (χ1) is 10.2. The number of aromatic nitrogens is 2. The number of hydrazine groups is 1. The summed E-state index contributed by atoms with van der Waals surface area (Å²) in [5.41, 5.74) is 4.97. The molecule has 1 aromatic carbocycles. The number of hydrogen-bond donors (Lipinski definition) is 2. The van der Waals surface area contributed by atoms with E-state index in [2.05, 4.69) is 10.5 Å². The highest BCUT2D eigenvalue weighted by Crippen LogP contribution is 2.27.